The Hall–Kier alpha value is -1.98. The molecule has 0 radical (unpaired) electrons. The molecule has 0 amide bonds. The van der Waals surface area contributed by atoms with Crippen LogP contribution < -0.4 is 9.80 Å². The molecule has 0 saturated heterocycles. The van der Waals surface area contributed by atoms with Crippen LogP contribution in [0.25, 0.3) is 0 Å². The van der Waals surface area contributed by atoms with Crippen LogP contribution in [-0.2, 0) is 17.8 Å². The van der Waals surface area contributed by atoms with Crippen LogP contribution in [0.15, 0.2) is 53.3 Å². The van der Waals surface area contributed by atoms with Crippen molar-refractivity contribution in [3.63, 3.8) is 0 Å². The Balaban J connectivity index is 2.23. The number of aryl methyl sites for hydroxylation is 2. The highest BCUT2D eigenvalue weighted by Crippen LogP contribution is 2.28. The number of nitrogens with zero attached hydrogens (tertiary/aromatic N) is 1. The number of hydrogen-bond acceptors (Lipinski definition) is 4. The lowest BCUT2D eigenvalue weighted by Crippen LogP contribution is -2.19. The molecule has 0 aromatic heterocycles. The predicted octanol–water partition coefficient (Wildman–Crippen LogP) is 5.21. The summed E-state index contributed by atoms with van der Waals surface area (Å²) in [5, 5.41) is 11.1. The van der Waals surface area contributed by atoms with Crippen molar-refractivity contribution < 1.29 is 14.7 Å². The van der Waals surface area contributed by atoms with E-state index in [-0.39, 0.29) is 5.88 Å². The molecule has 0 unspecified atom stereocenters. The van der Waals surface area contributed by atoms with Gasteiger partial charge in [-0.25, -0.2) is 0 Å². The third-order valence-electron chi connectivity index (χ3n) is 3.77. The smallest absolute Gasteiger partial charge is 0.210 e. The Morgan fingerprint density at radius 1 is 1.25 bits per heavy atom. The quantitative estimate of drug-likeness (QED) is 0.519. The van der Waals surface area contributed by atoms with E-state index in [9.17, 15) is 5.21 Å². The lowest BCUT2D eigenvalue weighted by molar-refractivity contribution is 0.178. The summed E-state index contributed by atoms with van der Waals surface area (Å²) in [6.07, 6.45) is 0.996. The van der Waals surface area contributed by atoms with Crippen molar-refractivity contribution in [3.8, 4) is 5.75 Å². The summed E-state index contributed by atoms with van der Waals surface area (Å²) < 4.78 is 11.8. The van der Waals surface area contributed by atoms with Gasteiger partial charge in [-0.1, -0.05) is 35.0 Å². The second kappa shape index (κ2) is 8.22. The van der Waals surface area contributed by atoms with Crippen molar-refractivity contribution in [2.24, 2.45) is 0 Å². The summed E-state index contributed by atoms with van der Waals surface area (Å²) in [5.74, 6) is 0.968. The van der Waals surface area contributed by atoms with E-state index >= 15 is 0 Å². The van der Waals surface area contributed by atoms with Crippen LogP contribution in [-0.4, -0.2) is 12.3 Å². The fraction of sp³-hybridized carbons (Fsp3) is 0.263. The minimum atomic E-state index is 0.141. The number of hydroxylamine groups is 1. The molecule has 1 N–H and O–H groups in total. The van der Waals surface area contributed by atoms with Crippen LogP contribution in [0.4, 0.5) is 5.69 Å². The molecule has 2 rings (SSSR count). The van der Waals surface area contributed by atoms with E-state index in [4.69, 9.17) is 9.47 Å². The van der Waals surface area contributed by atoms with Gasteiger partial charge in [0.2, 0.25) is 5.88 Å². The van der Waals surface area contributed by atoms with E-state index in [2.05, 4.69) is 41.6 Å². The third-order valence-corrected chi connectivity index (χ3v) is 4.27. The van der Waals surface area contributed by atoms with Crippen LogP contribution in [0, 0.1) is 6.92 Å². The lowest BCUT2D eigenvalue weighted by Gasteiger charge is -2.21. The van der Waals surface area contributed by atoms with Gasteiger partial charge in [0, 0.05) is 10.0 Å². The van der Waals surface area contributed by atoms with E-state index in [1.54, 1.807) is 6.07 Å². The van der Waals surface area contributed by atoms with Gasteiger partial charge in [0.05, 0.1) is 12.8 Å². The van der Waals surface area contributed by atoms with Gasteiger partial charge in [-0.2, -0.15) is 5.06 Å². The Morgan fingerprint density at radius 3 is 2.62 bits per heavy atom. The monoisotopic (exact) mass is 391 g/mol. The van der Waals surface area contributed by atoms with E-state index in [0.717, 1.165) is 32.8 Å². The first-order valence-electron chi connectivity index (χ1n) is 7.69. The van der Waals surface area contributed by atoms with Crippen LogP contribution in [0.5, 0.6) is 5.75 Å². The highest BCUT2D eigenvalue weighted by atomic mass is 79.9. The molecule has 0 saturated carbocycles. The van der Waals surface area contributed by atoms with Crippen LogP contribution in [0.2, 0.25) is 0 Å². The van der Waals surface area contributed by atoms with E-state index in [1.165, 1.54) is 12.7 Å². The third kappa shape index (κ3) is 4.30. The summed E-state index contributed by atoms with van der Waals surface area (Å²) in [6.45, 7) is 8.14. The first kappa shape index (κ1) is 18.4. The van der Waals surface area contributed by atoms with Gasteiger partial charge in [-0.15, -0.1) is 0 Å². The van der Waals surface area contributed by atoms with Gasteiger partial charge in [0.15, 0.2) is 0 Å². The Labute approximate surface area is 151 Å². The molecule has 4 nitrogen and oxygen atoms in total. The Kier molecular flexibility index (Phi) is 6.29. The average Bonchev–Trinajstić information content (AvgIpc) is 2.59. The Bertz CT molecular complexity index is 731. The normalized spacial score (nSPS) is 10.4. The summed E-state index contributed by atoms with van der Waals surface area (Å²) in [5.41, 5.74) is 3.74. The molecular formula is C19H22BrNO3. The molecule has 0 atom stereocenters. The molecule has 24 heavy (non-hydrogen) atoms. The van der Waals surface area contributed by atoms with Gasteiger partial charge in [0.25, 0.3) is 0 Å². The number of rotatable bonds is 7. The molecule has 0 bridgehead atoms. The minimum Gasteiger partial charge on any atom is -0.489 e. The zero-order valence-corrected chi connectivity index (χ0v) is 15.8. The van der Waals surface area contributed by atoms with Crippen LogP contribution in [0.3, 0.4) is 0 Å². The number of ether oxygens (including phenoxy) is 2. The molecule has 0 heterocycles. The minimum absolute atomic E-state index is 0.141. The maximum absolute atomic E-state index is 10.2. The first-order valence-corrected chi connectivity index (χ1v) is 8.48. The number of hydrogen-bond donors (Lipinski definition) is 1. The fourth-order valence-corrected chi connectivity index (χ4v) is 2.75. The number of benzene rings is 2. The molecule has 0 aliphatic rings. The maximum atomic E-state index is 10.2. The number of halogens is 1. The largest absolute Gasteiger partial charge is 0.489 e. The maximum Gasteiger partial charge on any atom is 0.210 e. The van der Waals surface area contributed by atoms with E-state index in [1.807, 2.05) is 25.1 Å². The summed E-state index contributed by atoms with van der Waals surface area (Å²) >= 11 is 3.45. The molecule has 0 aliphatic heterocycles. The first-order chi connectivity index (χ1) is 11.5. The predicted molar refractivity (Wildman–Crippen MR) is 99.4 cm³/mol. The van der Waals surface area contributed by atoms with Crippen LogP contribution in [0.1, 0.15) is 23.6 Å². The fourth-order valence-electron chi connectivity index (χ4n) is 2.35. The van der Waals surface area contributed by atoms with Crippen molar-refractivity contribution in [2.75, 3.05) is 12.2 Å². The second-order valence-electron chi connectivity index (χ2n) is 5.42. The van der Waals surface area contributed by atoms with Crippen molar-refractivity contribution >= 4 is 21.6 Å². The molecule has 0 fully saturated rings. The average molecular weight is 392 g/mol. The van der Waals surface area contributed by atoms with E-state index in [0.29, 0.717) is 12.3 Å². The molecule has 0 aliphatic carbocycles. The molecule has 2 aromatic rings. The van der Waals surface area contributed by atoms with Gasteiger partial charge in [-0.05, 0) is 55.3 Å². The highest BCUT2D eigenvalue weighted by molar-refractivity contribution is 9.10. The highest BCUT2D eigenvalue weighted by Gasteiger charge is 2.14. The van der Waals surface area contributed by atoms with Crippen molar-refractivity contribution in [1.82, 2.24) is 0 Å². The van der Waals surface area contributed by atoms with Crippen molar-refractivity contribution in [2.45, 2.75) is 26.9 Å². The second-order valence-corrected chi connectivity index (χ2v) is 6.34. The molecule has 0 spiro atoms. The summed E-state index contributed by atoms with van der Waals surface area (Å²) in [4.78, 5) is 0. The van der Waals surface area contributed by atoms with Crippen LogP contribution >= 0.6 is 15.9 Å². The SMILES string of the molecule is C=C(OC)N(O)c1ccc(Br)cc1COc1ccc(CC)cc1C. The van der Waals surface area contributed by atoms with Gasteiger partial charge in [0.1, 0.15) is 12.4 Å². The van der Waals surface area contributed by atoms with Crippen molar-refractivity contribution in [1.29, 1.82) is 0 Å². The topological polar surface area (TPSA) is 41.9 Å². The van der Waals surface area contributed by atoms with Gasteiger partial charge in [-0.3, -0.25) is 5.21 Å². The molecule has 5 heteroatoms. The Morgan fingerprint density at radius 2 is 2.00 bits per heavy atom. The molecule has 128 valence electrons. The number of methoxy groups -OCH3 is 1. The zero-order valence-electron chi connectivity index (χ0n) is 14.2. The lowest BCUT2D eigenvalue weighted by atomic mass is 10.1. The zero-order chi connectivity index (χ0) is 17.7. The standard InChI is InChI=1S/C19H22BrNO3/c1-5-15-6-9-19(13(2)10-15)24-12-16-11-17(20)7-8-18(16)21(22)14(3)23-4/h6-11,22H,3,5,12H2,1-2,4H3. The molecular weight excluding hydrogens is 370 g/mol. The molecule has 2 aromatic carbocycles. The summed E-state index contributed by atoms with van der Waals surface area (Å²) in [6, 6.07) is 11.7. The van der Waals surface area contributed by atoms with E-state index < -0.39 is 0 Å². The summed E-state index contributed by atoms with van der Waals surface area (Å²) in [7, 11) is 1.46. The van der Waals surface area contributed by atoms with Gasteiger partial charge < -0.3 is 9.47 Å². The van der Waals surface area contributed by atoms with Crippen molar-refractivity contribution in [3.05, 3.63) is 70.0 Å². The number of anilines is 1. The van der Waals surface area contributed by atoms with Gasteiger partial charge >= 0.3 is 0 Å².